The quantitative estimate of drug-likeness (QED) is 0.0411. The van der Waals surface area contributed by atoms with Crippen molar-refractivity contribution in [3.05, 3.63) is 72.8 Å². The highest BCUT2D eigenvalue weighted by Gasteiger charge is 2.20. The number of unbranched alkanes of at least 4 members (excludes halogenated alkanes) is 54. The molecule has 0 aliphatic rings. The van der Waals surface area contributed by atoms with Crippen LogP contribution in [0.2, 0.25) is 0 Å². The second kappa shape index (κ2) is 66.1. The van der Waals surface area contributed by atoms with Crippen LogP contribution >= 0.6 is 0 Å². The van der Waals surface area contributed by atoms with E-state index in [1.54, 1.807) is 0 Å². The Morgan fingerprint density at radius 3 is 0.431 bits per heavy atom. The summed E-state index contributed by atoms with van der Waals surface area (Å²) in [5.74, 6) is 4.86. The van der Waals surface area contributed by atoms with Crippen LogP contribution in [0.4, 0.5) is 0 Å². The molecule has 4 aromatic carbocycles. The van der Waals surface area contributed by atoms with Crippen LogP contribution in [0.15, 0.2) is 72.8 Å². The maximum atomic E-state index is 6.86. The largest absolute Gasteiger partial charge is 0.490 e. The first-order chi connectivity index (χ1) is 50.6. The summed E-state index contributed by atoms with van der Waals surface area (Å²) < 4.78 is 41.1. The third-order valence-corrected chi connectivity index (χ3v) is 21.3. The molecule has 4 rings (SSSR count). The predicted molar refractivity (Wildman–Crippen MR) is 447 cm³/mol. The minimum atomic E-state index is 0.675. The molecule has 582 valence electrons. The van der Waals surface area contributed by atoms with Crippen molar-refractivity contribution in [1.82, 2.24) is 0 Å². The van der Waals surface area contributed by atoms with Crippen molar-refractivity contribution in [3.8, 4) is 67.9 Å². The molecule has 6 nitrogen and oxygen atoms in total. The van der Waals surface area contributed by atoms with E-state index in [0.717, 1.165) is 95.3 Å². The zero-order valence-corrected chi connectivity index (χ0v) is 68.0. The Kier molecular flexibility index (Phi) is 58.4. The average molecular weight is 1410 g/mol. The lowest BCUT2D eigenvalue weighted by Crippen LogP contribution is -2.07. The highest BCUT2D eigenvalue weighted by Crippen LogP contribution is 2.45. The van der Waals surface area contributed by atoms with Crippen LogP contribution in [0, 0.1) is 0 Å². The third-order valence-electron chi connectivity index (χ3n) is 21.3. The first-order valence-corrected chi connectivity index (χ1v) is 44.9. The number of hydrogen-bond donors (Lipinski definition) is 0. The Hall–Kier alpha value is -4.32. The Balaban J connectivity index is 1.59. The zero-order valence-electron chi connectivity index (χ0n) is 68.0. The summed E-state index contributed by atoms with van der Waals surface area (Å²) in [5, 5.41) is 0. The number of rotatable bonds is 75. The smallest absolute Gasteiger partial charge is 0.203 e. The Bertz CT molecular complexity index is 2200. The van der Waals surface area contributed by atoms with E-state index in [0.29, 0.717) is 39.6 Å². The minimum Gasteiger partial charge on any atom is -0.490 e. The fourth-order valence-electron chi connectivity index (χ4n) is 14.5. The van der Waals surface area contributed by atoms with Crippen LogP contribution < -0.4 is 28.4 Å². The van der Waals surface area contributed by atoms with E-state index in [-0.39, 0.29) is 0 Å². The molecule has 102 heavy (non-hydrogen) atoms. The van der Waals surface area contributed by atoms with Gasteiger partial charge in [0.25, 0.3) is 0 Å². The fraction of sp³-hybridized carbons (Fsp3) is 0.750. The maximum Gasteiger partial charge on any atom is 0.203 e. The molecule has 0 amide bonds. The molecule has 0 fully saturated rings. The number of benzene rings is 4. The molecular formula is C96H162O6. The van der Waals surface area contributed by atoms with E-state index in [2.05, 4.69) is 114 Å². The number of hydrogen-bond acceptors (Lipinski definition) is 6. The van der Waals surface area contributed by atoms with E-state index >= 15 is 0 Å². The molecule has 0 saturated heterocycles. The molecule has 0 N–H and O–H groups in total. The lowest BCUT2D eigenvalue weighted by molar-refractivity contribution is 0.234. The second-order valence-corrected chi connectivity index (χ2v) is 30.9. The van der Waals surface area contributed by atoms with Crippen molar-refractivity contribution >= 4 is 0 Å². The van der Waals surface area contributed by atoms with E-state index in [1.807, 2.05) is 0 Å². The van der Waals surface area contributed by atoms with Gasteiger partial charge in [0.05, 0.1) is 39.6 Å². The van der Waals surface area contributed by atoms with Crippen molar-refractivity contribution in [2.24, 2.45) is 0 Å². The summed E-state index contributed by atoms with van der Waals surface area (Å²) in [4.78, 5) is 0. The molecule has 6 heteroatoms. The summed E-state index contributed by atoms with van der Waals surface area (Å²) in [6.45, 7) is 17.9. The molecule has 0 aromatic heterocycles. The molecule has 0 unspecified atom stereocenters. The lowest BCUT2D eigenvalue weighted by Gasteiger charge is -2.19. The molecule has 0 atom stereocenters. The summed E-state index contributed by atoms with van der Waals surface area (Å²) in [7, 11) is 0. The van der Waals surface area contributed by atoms with Gasteiger partial charge in [-0.25, -0.2) is 0 Å². The molecule has 0 heterocycles. The van der Waals surface area contributed by atoms with Crippen molar-refractivity contribution in [1.29, 1.82) is 0 Å². The van der Waals surface area contributed by atoms with E-state index in [9.17, 15) is 0 Å². The highest BCUT2D eigenvalue weighted by atomic mass is 16.5. The standard InChI is InChI=1S/C96H162O6/c1-7-13-19-25-31-37-43-49-55-61-75-97-91-81-89(82-92(98-76-62-56-50-44-38-32-26-20-14-8-2)95(91)101-79-65-59-53-47-41-35-29-23-17-11-5)87-71-67-85(68-72-87)86-69-73-88(74-70-86)90-83-93(99-77-63-57-51-45-39-33-27-21-15-9-3)96(102-80-66-60-54-48-42-36-30-24-18-12-6)94(84-90)100-78-64-58-52-46-40-34-28-22-16-10-4/h67-74,81-84H,7-66,75-80H2,1-6H3. The average Bonchev–Trinajstić information content (AvgIpc) is 0.811. The van der Waals surface area contributed by atoms with Gasteiger partial charge in [-0.3, -0.25) is 0 Å². The van der Waals surface area contributed by atoms with Crippen molar-refractivity contribution in [2.75, 3.05) is 39.6 Å². The van der Waals surface area contributed by atoms with Crippen LogP contribution in [0.3, 0.4) is 0 Å². The first-order valence-electron chi connectivity index (χ1n) is 44.9. The SMILES string of the molecule is CCCCCCCCCCCCOc1cc(-c2ccc(-c3ccc(-c4cc(OCCCCCCCCCCCC)c(OCCCCCCCCCCCC)c(OCCCCCCCCCCCC)c4)cc3)cc2)cc(OCCCCCCCCCCCC)c1OCCCCCCCCCCCC. The molecule has 0 spiro atoms. The zero-order chi connectivity index (χ0) is 72.3. The van der Waals surface area contributed by atoms with Crippen LogP contribution in [0.1, 0.15) is 427 Å². The Morgan fingerprint density at radius 1 is 0.147 bits per heavy atom. The van der Waals surface area contributed by atoms with Gasteiger partial charge in [-0.1, -0.05) is 437 Å². The Morgan fingerprint density at radius 2 is 0.275 bits per heavy atom. The third kappa shape index (κ3) is 45.2. The van der Waals surface area contributed by atoms with E-state index in [1.165, 1.54) is 358 Å². The molecular weight excluding hydrogens is 1250 g/mol. The lowest BCUT2D eigenvalue weighted by atomic mass is 9.97. The van der Waals surface area contributed by atoms with E-state index in [4.69, 9.17) is 28.4 Å². The topological polar surface area (TPSA) is 55.4 Å². The highest BCUT2D eigenvalue weighted by molar-refractivity contribution is 5.77. The van der Waals surface area contributed by atoms with Crippen LogP contribution in [0.5, 0.6) is 34.5 Å². The molecule has 0 aliphatic carbocycles. The van der Waals surface area contributed by atoms with Gasteiger partial charge in [0.1, 0.15) is 0 Å². The number of ether oxygens (including phenoxy) is 6. The van der Waals surface area contributed by atoms with Gasteiger partial charge < -0.3 is 28.4 Å². The van der Waals surface area contributed by atoms with Gasteiger partial charge in [-0.2, -0.15) is 0 Å². The first kappa shape index (κ1) is 90.1. The van der Waals surface area contributed by atoms with Crippen molar-refractivity contribution < 1.29 is 28.4 Å². The minimum absolute atomic E-state index is 0.675. The van der Waals surface area contributed by atoms with Gasteiger partial charge >= 0.3 is 0 Å². The molecule has 0 bridgehead atoms. The molecule has 0 radical (unpaired) electrons. The fourth-order valence-corrected chi connectivity index (χ4v) is 14.5. The van der Waals surface area contributed by atoms with Crippen LogP contribution in [-0.2, 0) is 0 Å². The van der Waals surface area contributed by atoms with E-state index < -0.39 is 0 Å². The van der Waals surface area contributed by atoms with Crippen LogP contribution in [0.25, 0.3) is 33.4 Å². The maximum absolute atomic E-state index is 6.86. The van der Waals surface area contributed by atoms with Crippen molar-refractivity contribution in [2.45, 2.75) is 427 Å². The molecule has 0 saturated carbocycles. The van der Waals surface area contributed by atoms with Gasteiger partial charge in [0.15, 0.2) is 23.0 Å². The van der Waals surface area contributed by atoms with Gasteiger partial charge in [-0.15, -0.1) is 0 Å². The summed E-state index contributed by atoms with van der Waals surface area (Å²) in [5.41, 5.74) is 6.88. The molecule has 0 aliphatic heterocycles. The summed E-state index contributed by atoms with van der Waals surface area (Å²) in [6.07, 6.45) is 78.0. The monoisotopic (exact) mass is 1410 g/mol. The summed E-state index contributed by atoms with van der Waals surface area (Å²) in [6, 6.07) is 27.2. The molecule has 4 aromatic rings. The van der Waals surface area contributed by atoms with Crippen molar-refractivity contribution in [3.63, 3.8) is 0 Å². The van der Waals surface area contributed by atoms with Crippen LogP contribution in [-0.4, -0.2) is 39.6 Å². The normalized spacial score (nSPS) is 11.5. The predicted octanol–water partition coefficient (Wildman–Crippen LogP) is 32.5. The second-order valence-electron chi connectivity index (χ2n) is 30.9. The van der Waals surface area contributed by atoms with Gasteiger partial charge in [0, 0.05) is 0 Å². The summed E-state index contributed by atoms with van der Waals surface area (Å²) >= 11 is 0. The Labute approximate surface area is 632 Å². The van der Waals surface area contributed by atoms with Gasteiger partial charge in [-0.05, 0) is 96.2 Å². The van der Waals surface area contributed by atoms with Gasteiger partial charge in [0.2, 0.25) is 11.5 Å².